The Kier molecular flexibility index (Phi) is 4.58. The fourth-order valence-corrected chi connectivity index (χ4v) is 6.15. The van der Waals surface area contributed by atoms with E-state index in [2.05, 4.69) is 0 Å². The zero-order valence-corrected chi connectivity index (χ0v) is 13.6. The summed E-state index contributed by atoms with van der Waals surface area (Å²) in [6, 6.07) is 5.30. The minimum atomic E-state index is -4.34. The standard InChI is InChI=1S/C17H21F3O2S/c18-17(19,20)13-4-1-3-12(9-13)7-8-16(21)10-14-5-2-6-15(11-16)23(14)22/h1,3-4,9,14-15,21H,2,5-8,10-11H2. The highest BCUT2D eigenvalue weighted by Crippen LogP contribution is 2.41. The van der Waals surface area contributed by atoms with Crippen LogP contribution in [0.4, 0.5) is 13.2 Å². The molecule has 2 unspecified atom stereocenters. The summed E-state index contributed by atoms with van der Waals surface area (Å²) in [7, 11) is -0.855. The Balaban J connectivity index is 1.67. The minimum absolute atomic E-state index is 0.0500. The lowest BCUT2D eigenvalue weighted by Crippen LogP contribution is -2.49. The summed E-state index contributed by atoms with van der Waals surface area (Å²) in [5.74, 6) is 0. The van der Waals surface area contributed by atoms with Crippen molar-refractivity contribution in [2.24, 2.45) is 0 Å². The fraction of sp³-hybridized carbons (Fsp3) is 0.647. The number of rotatable bonds is 3. The van der Waals surface area contributed by atoms with Gasteiger partial charge in [-0.05, 0) is 50.2 Å². The second-order valence-electron chi connectivity index (χ2n) is 6.83. The lowest BCUT2D eigenvalue weighted by atomic mass is 9.81. The number of halogens is 3. The maximum atomic E-state index is 12.8. The average Bonchev–Trinajstić information content (AvgIpc) is 2.47. The summed E-state index contributed by atoms with van der Waals surface area (Å²) < 4.78 is 50.5. The Morgan fingerprint density at radius 2 is 1.87 bits per heavy atom. The molecule has 6 heteroatoms. The van der Waals surface area contributed by atoms with Crippen LogP contribution in [0.1, 0.15) is 49.7 Å². The van der Waals surface area contributed by atoms with Gasteiger partial charge in [0.2, 0.25) is 0 Å². The van der Waals surface area contributed by atoms with Crippen molar-refractivity contribution in [2.75, 3.05) is 0 Å². The lowest BCUT2D eigenvalue weighted by Gasteiger charge is -2.43. The van der Waals surface area contributed by atoms with Crippen molar-refractivity contribution in [3.8, 4) is 0 Å². The zero-order chi connectivity index (χ0) is 16.7. The molecule has 1 aromatic carbocycles. The average molecular weight is 346 g/mol. The van der Waals surface area contributed by atoms with Crippen LogP contribution < -0.4 is 0 Å². The first kappa shape index (κ1) is 17.0. The van der Waals surface area contributed by atoms with Crippen LogP contribution in [0.15, 0.2) is 24.3 Å². The molecule has 0 aliphatic carbocycles. The van der Waals surface area contributed by atoms with Crippen LogP contribution in [0.5, 0.6) is 0 Å². The Labute approximate surface area is 136 Å². The predicted octanol–water partition coefficient (Wildman–Crippen LogP) is 3.83. The molecule has 128 valence electrons. The number of benzene rings is 1. The van der Waals surface area contributed by atoms with Crippen molar-refractivity contribution in [3.05, 3.63) is 35.4 Å². The van der Waals surface area contributed by atoms with E-state index in [4.69, 9.17) is 0 Å². The molecule has 2 atom stereocenters. The first-order valence-corrected chi connectivity index (χ1v) is 9.32. The molecular formula is C17H21F3O2S. The molecule has 2 aliphatic rings. The number of alkyl halides is 3. The molecule has 1 aromatic rings. The van der Waals surface area contributed by atoms with Crippen molar-refractivity contribution >= 4 is 10.8 Å². The Morgan fingerprint density at radius 1 is 1.22 bits per heavy atom. The molecule has 0 spiro atoms. The molecule has 2 bridgehead atoms. The van der Waals surface area contributed by atoms with E-state index in [9.17, 15) is 22.5 Å². The molecule has 0 amide bonds. The van der Waals surface area contributed by atoms with Crippen LogP contribution in [0, 0.1) is 0 Å². The summed E-state index contributed by atoms with van der Waals surface area (Å²) in [6.45, 7) is 0. The second-order valence-corrected chi connectivity index (χ2v) is 8.82. The van der Waals surface area contributed by atoms with Gasteiger partial charge in [-0.2, -0.15) is 13.2 Å². The quantitative estimate of drug-likeness (QED) is 0.903. The smallest absolute Gasteiger partial charge is 0.390 e. The van der Waals surface area contributed by atoms with Crippen LogP contribution in [0.2, 0.25) is 0 Å². The van der Waals surface area contributed by atoms with Gasteiger partial charge in [0.05, 0.1) is 11.2 Å². The van der Waals surface area contributed by atoms with Gasteiger partial charge in [-0.25, -0.2) is 0 Å². The normalized spacial score (nSPS) is 34.3. The zero-order valence-electron chi connectivity index (χ0n) is 12.8. The van der Waals surface area contributed by atoms with Crippen LogP contribution in [-0.4, -0.2) is 25.4 Å². The highest BCUT2D eigenvalue weighted by Gasteiger charge is 2.45. The second kappa shape index (κ2) is 6.20. The van der Waals surface area contributed by atoms with Gasteiger partial charge in [0.1, 0.15) is 0 Å². The maximum absolute atomic E-state index is 12.8. The van der Waals surface area contributed by atoms with Gasteiger partial charge in [0.15, 0.2) is 0 Å². The number of fused-ring (bicyclic) bond motifs is 2. The van der Waals surface area contributed by atoms with Crippen molar-refractivity contribution in [2.45, 2.75) is 67.2 Å². The van der Waals surface area contributed by atoms with E-state index in [-0.39, 0.29) is 10.5 Å². The van der Waals surface area contributed by atoms with E-state index in [0.29, 0.717) is 31.2 Å². The summed E-state index contributed by atoms with van der Waals surface area (Å²) in [6.07, 6.45) is 0.343. The SMILES string of the molecule is O=S1C2CCCC1CC(O)(CCc1cccc(C(F)(F)F)c1)C2. The van der Waals surface area contributed by atoms with Gasteiger partial charge >= 0.3 is 6.18 Å². The van der Waals surface area contributed by atoms with Crippen LogP contribution in [0.3, 0.4) is 0 Å². The van der Waals surface area contributed by atoms with Gasteiger partial charge in [-0.3, -0.25) is 4.21 Å². The number of hydrogen-bond donors (Lipinski definition) is 1. The number of aliphatic hydroxyl groups is 1. The molecule has 2 heterocycles. The molecule has 3 rings (SSSR count). The molecule has 1 N–H and O–H groups in total. The molecule has 2 fully saturated rings. The lowest BCUT2D eigenvalue weighted by molar-refractivity contribution is -0.137. The van der Waals surface area contributed by atoms with E-state index < -0.39 is 28.1 Å². The van der Waals surface area contributed by atoms with Gasteiger partial charge in [0, 0.05) is 21.3 Å². The van der Waals surface area contributed by atoms with E-state index in [1.807, 2.05) is 0 Å². The van der Waals surface area contributed by atoms with Gasteiger partial charge in [0.25, 0.3) is 0 Å². The van der Waals surface area contributed by atoms with E-state index in [1.54, 1.807) is 6.07 Å². The first-order chi connectivity index (χ1) is 10.8. The highest BCUT2D eigenvalue weighted by molar-refractivity contribution is 7.86. The number of aryl methyl sites for hydroxylation is 1. The van der Waals surface area contributed by atoms with E-state index in [0.717, 1.165) is 31.4 Å². The summed E-state index contributed by atoms with van der Waals surface area (Å²) in [5, 5.41) is 10.9. The van der Waals surface area contributed by atoms with Crippen LogP contribution >= 0.6 is 0 Å². The van der Waals surface area contributed by atoms with E-state index >= 15 is 0 Å². The third-order valence-electron chi connectivity index (χ3n) is 5.06. The van der Waals surface area contributed by atoms with Gasteiger partial charge in [-0.1, -0.05) is 24.6 Å². The van der Waals surface area contributed by atoms with E-state index in [1.165, 1.54) is 6.07 Å². The topological polar surface area (TPSA) is 37.3 Å². The van der Waals surface area contributed by atoms with Gasteiger partial charge in [-0.15, -0.1) is 0 Å². The Hall–Kier alpha value is -0.880. The monoisotopic (exact) mass is 346 g/mol. The molecule has 0 saturated carbocycles. The van der Waals surface area contributed by atoms with Crippen LogP contribution in [-0.2, 0) is 23.4 Å². The Morgan fingerprint density at radius 3 is 2.48 bits per heavy atom. The van der Waals surface area contributed by atoms with Crippen molar-refractivity contribution in [1.82, 2.24) is 0 Å². The third-order valence-corrected chi connectivity index (χ3v) is 7.18. The maximum Gasteiger partial charge on any atom is 0.416 e. The minimum Gasteiger partial charge on any atom is -0.390 e. The molecule has 0 radical (unpaired) electrons. The van der Waals surface area contributed by atoms with Crippen molar-refractivity contribution in [1.29, 1.82) is 0 Å². The fourth-order valence-electron chi connectivity index (χ4n) is 3.86. The highest BCUT2D eigenvalue weighted by atomic mass is 32.2. The molecule has 23 heavy (non-hydrogen) atoms. The molecule has 2 aliphatic heterocycles. The first-order valence-electron chi connectivity index (χ1n) is 8.05. The third kappa shape index (κ3) is 3.79. The summed E-state index contributed by atoms with van der Waals surface area (Å²) >= 11 is 0. The molecule has 0 aromatic heterocycles. The summed E-state index contributed by atoms with van der Waals surface area (Å²) in [5.41, 5.74) is -0.952. The molecule has 2 saturated heterocycles. The predicted molar refractivity (Wildman–Crippen MR) is 83.5 cm³/mol. The van der Waals surface area contributed by atoms with Crippen LogP contribution in [0.25, 0.3) is 0 Å². The molecule has 2 nitrogen and oxygen atoms in total. The van der Waals surface area contributed by atoms with Crippen molar-refractivity contribution < 1.29 is 22.5 Å². The van der Waals surface area contributed by atoms with Crippen molar-refractivity contribution in [3.63, 3.8) is 0 Å². The Bertz CT molecular complexity index is 584. The largest absolute Gasteiger partial charge is 0.416 e. The van der Waals surface area contributed by atoms with Gasteiger partial charge < -0.3 is 5.11 Å². The number of hydrogen-bond acceptors (Lipinski definition) is 2. The molecular weight excluding hydrogens is 325 g/mol. The summed E-state index contributed by atoms with van der Waals surface area (Å²) in [4.78, 5) is 0.